The van der Waals surface area contributed by atoms with E-state index in [2.05, 4.69) is 70.2 Å². The summed E-state index contributed by atoms with van der Waals surface area (Å²) in [5.74, 6) is 0. The number of para-hydroxylation sites is 1. The zero-order valence-corrected chi connectivity index (χ0v) is 18.7. The number of rotatable bonds is 2. The molecule has 3 heterocycles. The number of aromatic nitrogens is 1. The lowest BCUT2D eigenvalue weighted by atomic mass is 9.78. The number of nitrogens with zero attached hydrogens (tertiary/aromatic N) is 1. The Bertz CT molecular complexity index is 1470. The second kappa shape index (κ2) is 6.68. The van der Waals surface area contributed by atoms with E-state index in [1.165, 1.54) is 0 Å². The van der Waals surface area contributed by atoms with Gasteiger partial charge >= 0.3 is 7.12 Å². The maximum absolute atomic E-state index is 6.21. The van der Waals surface area contributed by atoms with Crippen LogP contribution in [0.3, 0.4) is 0 Å². The Morgan fingerprint density at radius 3 is 1.97 bits per heavy atom. The molecule has 5 aromatic rings. The van der Waals surface area contributed by atoms with Crippen molar-refractivity contribution in [3.63, 3.8) is 0 Å². The molecule has 32 heavy (non-hydrogen) atoms. The highest BCUT2D eigenvalue weighted by Gasteiger charge is 2.51. The number of benzene rings is 3. The molecule has 0 spiro atoms. The van der Waals surface area contributed by atoms with Gasteiger partial charge in [0.05, 0.1) is 16.9 Å². The summed E-state index contributed by atoms with van der Waals surface area (Å²) in [6.07, 6.45) is 0. The van der Waals surface area contributed by atoms with Gasteiger partial charge in [0.2, 0.25) is 0 Å². The van der Waals surface area contributed by atoms with Crippen molar-refractivity contribution in [2.24, 2.45) is 0 Å². The second-order valence-corrected chi connectivity index (χ2v) is 9.49. The van der Waals surface area contributed by atoms with Crippen LogP contribution in [0.15, 0.2) is 77.2 Å². The lowest BCUT2D eigenvalue weighted by molar-refractivity contribution is 0.00578. The largest absolute Gasteiger partial charge is 0.494 e. The van der Waals surface area contributed by atoms with Crippen molar-refractivity contribution in [3.05, 3.63) is 72.8 Å². The van der Waals surface area contributed by atoms with Crippen LogP contribution in [0.25, 0.3) is 44.1 Å². The average Bonchev–Trinajstić information content (AvgIpc) is 3.27. The van der Waals surface area contributed by atoms with Gasteiger partial charge in [-0.15, -0.1) is 0 Å². The van der Waals surface area contributed by atoms with Crippen molar-refractivity contribution in [3.8, 4) is 11.3 Å². The van der Waals surface area contributed by atoms with Gasteiger partial charge < -0.3 is 13.7 Å². The molecule has 0 N–H and O–H groups in total. The standard InChI is InChI=1S/C27H24BNO3/c1-26(2)27(3,4)32-28(31-26)18-15-13-17(14-16-18)23-19-9-5-6-10-20(19)25-24(29-23)21-11-7-8-12-22(21)30-25/h5-16H,1-4H3. The number of pyridine rings is 1. The predicted octanol–water partition coefficient (Wildman–Crippen LogP) is 6.10. The SMILES string of the molecule is CC1(C)OB(c2ccc(-c3nc4c5ccccc5oc4c4ccccc34)cc2)OC1(C)C. The highest BCUT2D eigenvalue weighted by Crippen LogP contribution is 2.38. The number of fused-ring (bicyclic) bond motifs is 5. The third kappa shape index (κ3) is 2.82. The van der Waals surface area contributed by atoms with Crippen LogP contribution < -0.4 is 5.46 Å². The van der Waals surface area contributed by atoms with Gasteiger partial charge in [0, 0.05) is 21.7 Å². The maximum Gasteiger partial charge on any atom is 0.494 e. The van der Waals surface area contributed by atoms with Crippen molar-refractivity contribution < 1.29 is 13.7 Å². The van der Waals surface area contributed by atoms with Crippen molar-refractivity contribution in [1.82, 2.24) is 4.98 Å². The van der Waals surface area contributed by atoms with Gasteiger partial charge in [-0.05, 0) is 45.3 Å². The first-order valence-electron chi connectivity index (χ1n) is 11.0. The van der Waals surface area contributed by atoms with E-state index in [9.17, 15) is 0 Å². The zero-order chi connectivity index (χ0) is 22.1. The van der Waals surface area contributed by atoms with E-state index >= 15 is 0 Å². The smallest absolute Gasteiger partial charge is 0.454 e. The monoisotopic (exact) mass is 421 g/mol. The van der Waals surface area contributed by atoms with Crippen molar-refractivity contribution in [2.45, 2.75) is 38.9 Å². The Labute approximate surface area is 187 Å². The van der Waals surface area contributed by atoms with Crippen LogP contribution in [0, 0.1) is 0 Å². The van der Waals surface area contributed by atoms with E-state index in [-0.39, 0.29) is 18.3 Å². The molecular weight excluding hydrogens is 397 g/mol. The molecule has 0 atom stereocenters. The quantitative estimate of drug-likeness (QED) is 0.323. The molecule has 158 valence electrons. The molecule has 1 aliphatic heterocycles. The first kappa shape index (κ1) is 19.5. The molecule has 2 aromatic heterocycles. The average molecular weight is 421 g/mol. The van der Waals surface area contributed by atoms with Gasteiger partial charge in [-0.25, -0.2) is 4.98 Å². The molecule has 1 aliphatic rings. The van der Waals surface area contributed by atoms with Crippen LogP contribution in [-0.2, 0) is 9.31 Å². The molecule has 1 fully saturated rings. The minimum absolute atomic E-state index is 0.360. The third-order valence-corrected chi connectivity index (χ3v) is 6.93. The molecule has 0 saturated carbocycles. The van der Waals surface area contributed by atoms with Crippen molar-refractivity contribution in [2.75, 3.05) is 0 Å². The van der Waals surface area contributed by atoms with Crippen molar-refractivity contribution >= 4 is 45.4 Å². The van der Waals surface area contributed by atoms with E-state index in [0.29, 0.717) is 0 Å². The zero-order valence-electron chi connectivity index (χ0n) is 18.7. The van der Waals surface area contributed by atoms with Gasteiger partial charge in [-0.1, -0.05) is 60.7 Å². The van der Waals surface area contributed by atoms with Crippen LogP contribution in [0.1, 0.15) is 27.7 Å². The minimum Gasteiger partial charge on any atom is -0.454 e. The maximum atomic E-state index is 6.21. The summed E-state index contributed by atoms with van der Waals surface area (Å²) in [7, 11) is -0.376. The van der Waals surface area contributed by atoms with E-state index < -0.39 is 0 Å². The number of hydrogen-bond donors (Lipinski definition) is 0. The molecule has 6 rings (SSSR count). The summed E-state index contributed by atoms with van der Waals surface area (Å²) in [5, 5.41) is 3.17. The summed E-state index contributed by atoms with van der Waals surface area (Å²) < 4.78 is 18.6. The Kier molecular flexibility index (Phi) is 4.08. The van der Waals surface area contributed by atoms with Gasteiger partial charge in [0.1, 0.15) is 11.1 Å². The molecular formula is C27H24BNO3. The molecule has 0 unspecified atom stereocenters. The first-order valence-corrected chi connectivity index (χ1v) is 11.0. The predicted molar refractivity (Wildman–Crippen MR) is 130 cm³/mol. The van der Waals surface area contributed by atoms with Crippen molar-refractivity contribution in [1.29, 1.82) is 0 Å². The Morgan fingerprint density at radius 2 is 1.28 bits per heavy atom. The summed E-state index contributed by atoms with van der Waals surface area (Å²) in [6.45, 7) is 8.29. The fraction of sp³-hybridized carbons (Fsp3) is 0.222. The topological polar surface area (TPSA) is 44.5 Å². The van der Waals surface area contributed by atoms with E-state index in [4.69, 9.17) is 18.7 Å². The molecule has 5 heteroatoms. The van der Waals surface area contributed by atoms with Crippen LogP contribution in [0.4, 0.5) is 0 Å². The lowest BCUT2D eigenvalue weighted by Gasteiger charge is -2.32. The highest BCUT2D eigenvalue weighted by atomic mass is 16.7. The fourth-order valence-electron chi connectivity index (χ4n) is 4.38. The highest BCUT2D eigenvalue weighted by molar-refractivity contribution is 6.62. The minimum atomic E-state index is -0.376. The van der Waals surface area contributed by atoms with Gasteiger partial charge in [0.15, 0.2) is 5.58 Å². The Morgan fingerprint density at radius 1 is 0.688 bits per heavy atom. The lowest BCUT2D eigenvalue weighted by Crippen LogP contribution is -2.41. The number of hydrogen-bond acceptors (Lipinski definition) is 4. The third-order valence-electron chi connectivity index (χ3n) is 6.93. The molecule has 3 aromatic carbocycles. The molecule has 0 amide bonds. The van der Waals surface area contributed by atoms with Gasteiger partial charge in [0.25, 0.3) is 0 Å². The van der Waals surface area contributed by atoms with E-state index in [1.807, 2.05) is 30.3 Å². The molecule has 0 bridgehead atoms. The molecule has 0 aliphatic carbocycles. The van der Waals surface area contributed by atoms with Gasteiger partial charge in [-0.2, -0.15) is 0 Å². The molecule has 0 radical (unpaired) electrons. The first-order chi connectivity index (χ1) is 15.3. The van der Waals surface area contributed by atoms with Gasteiger partial charge in [-0.3, -0.25) is 0 Å². The van der Waals surface area contributed by atoms with Crippen LogP contribution >= 0.6 is 0 Å². The summed E-state index contributed by atoms with van der Waals surface area (Å²) in [4.78, 5) is 5.08. The fourth-order valence-corrected chi connectivity index (χ4v) is 4.38. The molecule has 4 nitrogen and oxygen atoms in total. The van der Waals surface area contributed by atoms with Crippen LogP contribution in [0.5, 0.6) is 0 Å². The summed E-state index contributed by atoms with van der Waals surface area (Å²) in [5.41, 5.74) is 4.86. The van der Waals surface area contributed by atoms with Crippen LogP contribution in [-0.4, -0.2) is 23.3 Å². The van der Waals surface area contributed by atoms with E-state index in [1.54, 1.807) is 0 Å². The summed E-state index contributed by atoms with van der Waals surface area (Å²) >= 11 is 0. The second-order valence-electron chi connectivity index (χ2n) is 9.49. The summed E-state index contributed by atoms with van der Waals surface area (Å²) in [6, 6.07) is 24.7. The normalized spacial score (nSPS) is 17.6. The Hall–Kier alpha value is -3.15. The Balaban J connectivity index is 1.49. The van der Waals surface area contributed by atoms with E-state index in [0.717, 1.165) is 49.6 Å². The molecule has 1 saturated heterocycles. The van der Waals surface area contributed by atoms with Crippen LogP contribution in [0.2, 0.25) is 0 Å². The number of furan rings is 1.